The van der Waals surface area contributed by atoms with E-state index in [2.05, 4.69) is 20.4 Å². The zero-order chi connectivity index (χ0) is 18.6. The van der Waals surface area contributed by atoms with Gasteiger partial charge in [-0.25, -0.2) is 0 Å². The number of hydrogen-bond donors (Lipinski definition) is 1. The molecular weight excluding hydrogens is 353 g/mol. The second kappa shape index (κ2) is 7.83. The van der Waals surface area contributed by atoms with E-state index in [-0.39, 0.29) is 11.7 Å². The smallest absolute Gasteiger partial charge is 0.379 e. The number of halogens is 3. The zero-order valence-electron chi connectivity index (χ0n) is 13.8. The Bertz CT molecular complexity index is 740. The first kappa shape index (κ1) is 18.3. The predicted octanol–water partition coefficient (Wildman–Crippen LogP) is 1.82. The number of amides is 1. The summed E-state index contributed by atoms with van der Waals surface area (Å²) in [5, 5.41) is 6.32. The van der Waals surface area contributed by atoms with Crippen LogP contribution < -0.4 is 5.32 Å². The Labute approximate surface area is 147 Å². The first-order valence-electron chi connectivity index (χ1n) is 8.03. The van der Waals surface area contributed by atoms with Gasteiger partial charge in [0.15, 0.2) is 0 Å². The molecule has 0 bridgehead atoms. The number of nitrogens with zero attached hydrogens (tertiary/aromatic N) is 3. The monoisotopic (exact) mass is 370 g/mol. The molecular formula is C16H17F3N4O3. The summed E-state index contributed by atoms with van der Waals surface area (Å²) in [6.45, 7) is 4.07. The van der Waals surface area contributed by atoms with E-state index >= 15 is 0 Å². The molecule has 0 spiro atoms. The van der Waals surface area contributed by atoms with Gasteiger partial charge in [0.1, 0.15) is 0 Å². The lowest BCUT2D eigenvalue weighted by atomic mass is 10.1. The minimum Gasteiger partial charge on any atom is -0.379 e. The van der Waals surface area contributed by atoms with E-state index in [0.717, 1.165) is 25.2 Å². The number of benzene rings is 1. The summed E-state index contributed by atoms with van der Waals surface area (Å²) in [7, 11) is 0. The summed E-state index contributed by atoms with van der Waals surface area (Å²) in [6.07, 6.45) is -4.42. The standard InChI is InChI=1S/C16H17F3N4O3/c17-16(18,19)12-3-1-11(2-4-12)13-21-15(26-22-13)14(24)20-5-6-23-7-9-25-10-8-23/h1-4H,5-10H2,(H,20,24). The van der Waals surface area contributed by atoms with E-state index < -0.39 is 17.6 Å². The molecule has 2 aromatic rings. The number of rotatable bonds is 5. The van der Waals surface area contributed by atoms with Gasteiger partial charge < -0.3 is 14.6 Å². The van der Waals surface area contributed by atoms with E-state index in [1.165, 1.54) is 12.1 Å². The van der Waals surface area contributed by atoms with Crippen LogP contribution in [0.1, 0.15) is 16.2 Å². The molecule has 1 N–H and O–H groups in total. The summed E-state index contributed by atoms with van der Waals surface area (Å²) in [5.74, 6) is -0.706. The highest BCUT2D eigenvalue weighted by atomic mass is 19.4. The molecule has 1 aliphatic rings. The van der Waals surface area contributed by atoms with Crippen LogP contribution in [0.15, 0.2) is 28.8 Å². The number of aromatic nitrogens is 2. The number of ether oxygens (including phenoxy) is 1. The van der Waals surface area contributed by atoms with Crippen LogP contribution >= 0.6 is 0 Å². The maximum atomic E-state index is 12.6. The summed E-state index contributed by atoms with van der Waals surface area (Å²) in [5.41, 5.74) is -0.444. The first-order valence-corrected chi connectivity index (χ1v) is 8.03. The van der Waals surface area contributed by atoms with Crippen molar-refractivity contribution in [2.45, 2.75) is 6.18 Å². The van der Waals surface area contributed by atoms with Crippen molar-refractivity contribution in [1.82, 2.24) is 20.4 Å². The van der Waals surface area contributed by atoms with Gasteiger partial charge in [-0.15, -0.1) is 0 Å². The van der Waals surface area contributed by atoms with Crippen LogP contribution in [-0.2, 0) is 10.9 Å². The first-order chi connectivity index (χ1) is 12.4. The molecule has 0 atom stereocenters. The molecule has 140 valence electrons. The highest BCUT2D eigenvalue weighted by Gasteiger charge is 2.30. The van der Waals surface area contributed by atoms with Crippen LogP contribution in [0.2, 0.25) is 0 Å². The summed E-state index contributed by atoms with van der Waals surface area (Å²) < 4.78 is 47.8. The fraction of sp³-hybridized carbons (Fsp3) is 0.438. The quantitative estimate of drug-likeness (QED) is 0.865. The molecule has 10 heteroatoms. The predicted molar refractivity (Wildman–Crippen MR) is 84.3 cm³/mol. The van der Waals surface area contributed by atoms with Gasteiger partial charge in [0.2, 0.25) is 5.82 Å². The summed E-state index contributed by atoms with van der Waals surface area (Å²) in [4.78, 5) is 18.1. The molecule has 0 radical (unpaired) electrons. The highest BCUT2D eigenvalue weighted by Crippen LogP contribution is 2.30. The largest absolute Gasteiger partial charge is 0.416 e. The third kappa shape index (κ3) is 4.58. The Morgan fingerprint density at radius 1 is 1.19 bits per heavy atom. The lowest BCUT2D eigenvalue weighted by molar-refractivity contribution is -0.137. The number of nitrogens with one attached hydrogen (secondary N) is 1. The molecule has 1 aromatic heterocycles. The number of morpholine rings is 1. The molecule has 0 saturated carbocycles. The Balaban J connectivity index is 1.55. The van der Waals surface area contributed by atoms with Gasteiger partial charge in [-0.1, -0.05) is 17.3 Å². The van der Waals surface area contributed by atoms with Crippen molar-refractivity contribution in [3.05, 3.63) is 35.7 Å². The van der Waals surface area contributed by atoms with Crippen LogP contribution in [0.25, 0.3) is 11.4 Å². The molecule has 1 saturated heterocycles. The van der Waals surface area contributed by atoms with Crippen molar-refractivity contribution in [2.24, 2.45) is 0 Å². The minimum absolute atomic E-state index is 0.0528. The summed E-state index contributed by atoms with van der Waals surface area (Å²) >= 11 is 0. The average Bonchev–Trinajstić information content (AvgIpc) is 3.12. The Morgan fingerprint density at radius 2 is 1.88 bits per heavy atom. The Hall–Kier alpha value is -2.46. The van der Waals surface area contributed by atoms with E-state index in [0.29, 0.717) is 31.9 Å². The maximum Gasteiger partial charge on any atom is 0.416 e. The van der Waals surface area contributed by atoms with Crippen LogP contribution in [0.4, 0.5) is 13.2 Å². The maximum absolute atomic E-state index is 12.6. The van der Waals surface area contributed by atoms with Crippen LogP contribution in [-0.4, -0.2) is 60.3 Å². The fourth-order valence-electron chi connectivity index (χ4n) is 2.47. The van der Waals surface area contributed by atoms with Crippen molar-refractivity contribution in [1.29, 1.82) is 0 Å². The van der Waals surface area contributed by atoms with E-state index in [1.54, 1.807) is 0 Å². The third-order valence-electron chi connectivity index (χ3n) is 3.91. The third-order valence-corrected chi connectivity index (χ3v) is 3.91. The van der Waals surface area contributed by atoms with Gasteiger partial charge in [-0.05, 0) is 12.1 Å². The van der Waals surface area contributed by atoms with Gasteiger partial charge in [0.05, 0.1) is 18.8 Å². The molecule has 0 unspecified atom stereocenters. The van der Waals surface area contributed by atoms with E-state index in [4.69, 9.17) is 9.26 Å². The number of hydrogen-bond acceptors (Lipinski definition) is 6. The van der Waals surface area contributed by atoms with Crippen LogP contribution in [0.5, 0.6) is 0 Å². The van der Waals surface area contributed by atoms with Crippen molar-refractivity contribution < 1.29 is 27.2 Å². The van der Waals surface area contributed by atoms with E-state index in [1.807, 2.05) is 0 Å². The molecule has 1 aromatic carbocycles. The Kier molecular flexibility index (Phi) is 5.52. The lowest BCUT2D eigenvalue weighted by Crippen LogP contribution is -2.41. The molecule has 3 rings (SSSR count). The van der Waals surface area contributed by atoms with Gasteiger partial charge in [0, 0.05) is 31.7 Å². The second-order valence-corrected chi connectivity index (χ2v) is 5.71. The molecule has 26 heavy (non-hydrogen) atoms. The molecule has 7 nitrogen and oxygen atoms in total. The Morgan fingerprint density at radius 3 is 2.54 bits per heavy atom. The van der Waals surface area contributed by atoms with E-state index in [9.17, 15) is 18.0 Å². The van der Waals surface area contributed by atoms with Crippen LogP contribution in [0, 0.1) is 0 Å². The minimum atomic E-state index is -4.42. The van der Waals surface area contributed by atoms with Gasteiger partial charge in [0.25, 0.3) is 0 Å². The molecule has 1 aliphatic heterocycles. The molecule has 2 heterocycles. The summed E-state index contributed by atoms with van der Waals surface area (Å²) in [6, 6.07) is 4.31. The normalized spacial score (nSPS) is 15.8. The number of carbonyl (C=O) groups is 1. The van der Waals surface area contributed by atoms with Crippen molar-refractivity contribution in [2.75, 3.05) is 39.4 Å². The SMILES string of the molecule is O=C(NCCN1CCOCC1)c1nc(-c2ccc(C(F)(F)F)cc2)no1. The number of alkyl halides is 3. The van der Waals surface area contributed by atoms with Crippen LogP contribution in [0.3, 0.4) is 0 Å². The fourth-order valence-corrected chi connectivity index (χ4v) is 2.47. The number of carbonyl (C=O) groups excluding carboxylic acids is 1. The lowest BCUT2D eigenvalue weighted by Gasteiger charge is -2.26. The average molecular weight is 370 g/mol. The van der Waals surface area contributed by atoms with Gasteiger partial charge >= 0.3 is 18.0 Å². The second-order valence-electron chi connectivity index (χ2n) is 5.71. The topological polar surface area (TPSA) is 80.5 Å². The van der Waals surface area contributed by atoms with Crippen molar-refractivity contribution in [3.63, 3.8) is 0 Å². The zero-order valence-corrected chi connectivity index (χ0v) is 13.8. The molecule has 0 aliphatic carbocycles. The van der Waals surface area contributed by atoms with Crippen molar-refractivity contribution in [3.8, 4) is 11.4 Å². The van der Waals surface area contributed by atoms with Crippen molar-refractivity contribution >= 4 is 5.91 Å². The molecule has 1 amide bonds. The molecule has 1 fully saturated rings. The van der Waals surface area contributed by atoms with Gasteiger partial charge in [-0.2, -0.15) is 18.2 Å². The highest BCUT2D eigenvalue weighted by molar-refractivity contribution is 5.89. The van der Waals surface area contributed by atoms with Gasteiger partial charge in [-0.3, -0.25) is 9.69 Å².